The maximum atomic E-state index is 3.84. The average molecular weight is 257 g/mol. The first kappa shape index (κ1) is 15.4. The van der Waals surface area contributed by atoms with Crippen LogP contribution in [-0.2, 0) is 0 Å². The SMILES string of the molecule is CCCCC(CC)NCC1(SC)CCCCC1. The van der Waals surface area contributed by atoms with Gasteiger partial charge in [0.2, 0.25) is 0 Å². The molecule has 1 rings (SSSR count). The lowest BCUT2D eigenvalue weighted by Gasteiger charge is -2.37. The first-order valence-electron chi connectivity index (χ1n) is 7.55. The third-order valence-electron chi connectivity index (χ3n) is 4.31. The molecule has 1 fully saturated rings. The smallest absolute Gasteiger partial charge is 0.0281 e. The summed E-state index contributed by atoms with van der Waals surface area (Å²) in [4.78, 5) is 0. The van der Waals surface area contributed by atoms with E-state index in [1.54, 1.807) is 0 Å². The van der Waals surface area contributed by atoms with E-state index in [4.69, 9.17) is 0 Å². The predicted octanol–water partition coefficient (Wildman–Crippen LogP) is 4.61. The lowest BCUT2D eigenvalue weighted by atomic mass is 9.88. The van der Waals surface area contributed by atoms with Gasteiger partial charge in [0.15, 0.2) is 0 Å². The van der Waals surface area contributed by atoms with Gasteiger partial charge >= 0.3 is 0 Å². The predicted molar refractivity (Wildman–Crippen MR) is 80.9 cm³/mol. The molecule has 0 amide bonds. The van der Waals surface area contributed by atoms with Crippen LogP contribution in [-0.4, -0.2) is 23.6 Å². The summed E-state index contributed by atoms with van der Waals surface area (Å²) in [5.41, 5.74) is 0. The summed E-state index contributed by atoms with van der Waals surface area (Å²) < 4.78 is 0.553. The van der Waals surface area contributed by atoms with Crippen molar-refractivity contribution >= 4 is 11.8 Å². The molecule has 0 aliphatic heterocycles. The van der Waals surface area contributed by atoms with Crippen molar-refractivity contribution < 1.29 is 0 Å². The van der Waals surface area contributed by atoms with E-state index in [9.17, 15) is 0 Å². The second kappa shape index (κ2) is 8.42. The largest absolute Gasteiger partial charge is 0.313 e. The van der Waals surface area contributed by atoms with Crippen LogP contribution < -0.4 is 5.32 Å². The monoisotopic (exact) mass is 257 g/mol. The van der Waals surface area contributed by atoms with Crippen molar-refractivity contribution in [2.75, 3.05) is 12.8 Å². The zero-order valence-electron chi connectivity index (χ0n) is 12.1. The van der Waals surface area contributed by atoms with Crippen molar-refractivity contribution in [1.29, 1.82) is 0 Å². The Morgan fingerprint density at radius 2 is 1.88 bits per heavy atom. The van der Waals surface area contributed by atoms with Gasteiger partial charge in [0, 0.05) is 17.3 Å². The van der Waals surface area contributed by atoms with Crippen molar-refractivity contribution in [1.82, 2.24) is 5.32 Å². The minimum Gasteiger partial charge on any atom is -0.313 e. The molecule has 1 aliphatic rings. The van der Waals surface area contributed by atoms with E-state index in [2.05, 4.69) is 37.2 Å². The van der Waals surface area contributed by atoms with E-state index in [1.807, 2.05) is 0 Å². The van der Waals surface area contributed by atoms with Crippen molar-refractivity contribution in [3.63, 3.8) is 0 Å². The minimum absolute atomic E-state index is 0.553. The number of unbranched alkanes of at least 4 members (excludes halogenated alkanes) is 1. The van der Waals surface area contributed by atoms with Crippen LogP contribution in [0.2, 0.25) is 0 Å². The highest BCUT2D eigenvalue weighted by molar-refractivity contribution is 8.00. The van der Waals surface area contributed by atoms with Crippen LogP contribution in [0.15, 0.2) is 0 Å². The molecule has 0 aromatic carbocycles. The van der Waals surface area contributed by atoms with Crippen LogP contribution in [0, 0.1) is 0 Å². The minimum atomic E-state index is 0.553. The number of nitrogens with one attached hydrogen (secondary N) is 1. The Morgan fingerprint density at radius 3 is 2.41 bits per heavy atom. The zero-order valence-corrected chi connectivity index (χ0v) is 12.9. The number of thioether (sulfide) groups is 1. The topological polar surface area (TPSA) is 12.0 Å². The standard InChI is InChI=1S/C15H31NS/c1-4-6-10-14(5-2)16-13-15(17-3)11-8-7-9-12-15/h14,16H,4-13H2,1-3H3. The molecular formula is C15H31NS. The van der Waals surface area contributed by atoms with Gasteiger partial charge in [0.25, 0.3) is 0 Å². The van der Waals surface area contributed by atoms with Gasteiger partial charge in [-0.1, -0.05) is 46.0 Å². The summed E-state index contributed by atoms with van der Waals surface area (Å²) in [5, 5.41) is 3.84. The summed E-state index contributed by atoms with van der Waals surface area (Å²) in [6.45, 7) is 5.84. The second-order valence-corrected chi connectivity index (χ2v) is 6.85. The lowest BCUT2D eigenvalue weighted by Crippen LogP contribution is -2.43. The molecule has 102 valence electrons. The fourth-order valence-corrected chi connectivity index (χ4v) is 3.81. The highest BCUT2D eigenvalue weighted by Crippen LogP contribution is 2.38. The molecule has 0 radical (unpaired) electrons. The molecule has 17 heavy (non-hydrogen) atoms. The molecule has 1 unspecified atom stereocenters. The molecule has 1 saturated carbocycles. The van der Waals surface area contributed by atoms with E-state index in [1.165, 1.54) is 64.3 Å². The molecular weight excluding hydrogens is 226 g/mol. The van der Waals surface area contributed by atoms with Gasteiger partial charge in [0.1, 0.15) is 0 Å². The van der Waals surface area contributed by atoms with E-state index < -0.39 is 0 Å². The van der Waals surface area contributed by atoms with Gasteiger partial charge in [-0.15, -0.1) is 0 Å². The van der Waals surface area contributed by atoms with Crippen molar-refractivity contribution in [2.24, 2.45) is 0 Å². The van der Waals surface area contributed by atoms with E-state index in [0.717, 1.165) is 6.04 Å². The van der Waals surface area contributed by atoms with E-state index in [-0.39, 0.29) is 0 Å². The molecule has 0 spiro atoms. The fourth-order valence-electron chi connectivity index (χ4n) is 2.88. The molecule has 0 heterocycles. The van der Waals surface area contributed by atoms with Crippen LogP contribution in [0.3, 0.4) is 0 Å². The number of hydrogen-bond acceptors (Lipinski definition) is 2. The summed E-state index contributed by atoms with van der Waals surface area (Å²) in [6.07, 6.45) is 14.8. The Balaban J connectivity index is 2.34. The van der Waals surface area contributed by atoms with Gasteiger partial charge in [-0.2, -0.15) is 11.8 Å². The summed E-state index contributed by atoms with van der Waals surface area (Å²) in [5.74, 6) is 0. The summed E-state index contributed by atoms with van der Waals surface area (Å²) in [7, 11) is 0. The van der Waals surface area contributed by atoms with Gasteiger partial charge in [0.05, 0.1) is 0 Å². The molecule has 2 heteroatoms. The van der Waals surface area contributed by atoms with Gasteiger partial charge in [-0.05, 0) is 31.9 Å². The third kappa shape index (κ3) is 5.21. The molecule has 0 aromatic rings. The highest BCUT2D eigenvalue weighted by Gasteiger charge is 2.31. The Morgan fingerprint density at radius 1 is 1.18 bits per heavy atom. The Kier molecular flexibility index (Phi) is 7.61. The highest BCUT2D eigenvalue weighted by atomic mass is 32.2. The van der Waals surface area contributed by atoms with Crippen LogP contribution in [0.5, 0.6) is 0 Å². The molecule has 1 N–H and O–H groups in total. The summed E-state index contributed by atoms with van der Waals surface area (Å²) >= 11 is 2.11. The third-order valence-corrected chi connectivity index (χ3v) is 5.73. The maximum absolute atomic E-state index is 3.84. The molecule has 1 atom stereocenters. The average Bonchev–Trinajstić information content (AvgIpc) is 2.40. The van der Waals surface area contributed by atoms with Gasteiger partial charge < -0.3 is 5.32 Å². The van der Waals surface area contributed by atoms with Crippen molar-refractivity contribution in [3.8, 4) is 0 Å². The van der Waals surface area contributed by atoms with Crippen LogP contribution >= 0.6 is 11.8 Å². The zero-order chi connectivity index (χ0) is 12.6. The quantitative estimate of drug-likeness (QED) is 0.681. The first-order valence-corrected chi connectivity index (χ1v) is 8.77. The molecule has 1 aliphatic carbocycles. The van der Waals surface area contributed by atoms with Crippen LogP contribution in [0.4, 0.5) is 0 Å². The van der Waals surface area contributed by atoms with E-state index >= 15 is 0 Å². The molecule has 0 saturated heterocycles. The number of hydrogen-bond donors (Lipinski definition) is 1. The molecule has 0 bridgehead atoms. The Bertz CT molecular complexity index is 187. The maximum Gasteiger partial charge on any atom is 0.0281 e. The van der Waals surface area contributed by atoms with Crippen molar-refractivity contribution in [2.45, 2.75) is 82.4 Å². The van der Waals surface area contributed by atoms with E-state index in [0.29, 0.717) is 4.75 Å². The molecule has 1 nitrogen and oxygen atoms in total. The summed E-state index contributed by atoms with van der Waals surface area (Å²) in [6, 6.07) is 0.751. The Labute approximate surface area is 113 Å². The fraction of sp³-hybridized carbons (Fsp3) is 1.00. The van der Waals surface area contributed by atoms with Crippen LogP contribution in [0.1, 0.15) is 71.6 Å². The number of rotatable bonds is 8. The normalized spacial score (nSPS) is 21.4. The van der Waals surface area contributed by atoms with Crippen molar-refractivity contribution in [3.05, 3.63) is 0 Å². The van der Waals surface area contributed by atoms with Crippen LogP contribution in [0.25, 0.3) is 0 Å². The second-order valence-electron chi connectivity index (χ2n) is 5.58. The Hall–Kier alpha value is 0.310. The lowest BCUT2D eigenvalue weighted by molar-refractivity contribution is 0.349. The van der Waals surface area contributed by atoms with Gasteiger partial charge in [-0.25, -0.2) is 0 Å². The molecule has 0 aromatic heterocycles. The first-order chi connectivity index (χ1) is 8.26. The van der Waals surface area contributed by atoms with Gasteiger partial charge in [-0.3, -0.25) is 0 Å².